The number of nitrogens with two attached hydrogens (primary N) is 1. The van der Waals surface area contributed by atoms with E-state index < -0.39 is 24.9 Å². The number of hydrogen-bond donors (Lipinski definition) is 4. The number of aliphatic hydroxyl groups excluding tert-OH is 3. The van der Waals surface area contributed by atoms with Crippen LogP contribution in [-0.4, -0.2) is 46.5 Å². The first kappa shape index (κ1) is 9.51. The minimum Gasteiger partial charge on any atom is -0.394 e. The molecule has 60 valence electrons. The van der Waals surface area contributed by atoms with E-state index in [2.05, 4.69) is 0 Å². The Balaban J connectivity index is 3.80. The van der Waals surface area contributed by atoms with Crippen molar-refractivity contribution in [3.8, 4) is 0 Å². The maximum atomic E-state index is 9.89. The normalized spacial score (nSPS) is 19.6. The minimum atomic E-state index is -1.39. The van der Waals surface area contributed by atoms with Gasteiger partial charge in [-0.1, -0.05) is 0 Å². The second-order valence-corrected chi connectivity index (χ2v) is 1.95. The number of hydrogen-bond acceptors (Lipinski definition) is 5. The molecular weight excluding hydrogens is 138 g/mol. The Morgan fingerprint density at radius 1 is 1.50 bits per heavy atom. The van der Waals surface area contributed by atoms with Gasteiger partial charge in [0.15, 0.2) is 0 Å². The molecule has 0 aromatic heterocycles. The van der Waals surface area contributed by atoms with Crippen molar-refractivity contribution in [3.63, 3.8) is 0 Å². The molecule has 0 bridgehead atoms. The molecule has 5 heteroatoms. The molecule has 0 saturated carbocycles. The van der Waals surface area contributed by atoms with Crippen LogP contribution in [0.3, 0.4) is 0 Å². The highest BCUT2D eigenvalue weighted by Gasteiger charge is 2.21. The Hall–Kier alpha value is -0.490. The summed E-state index contributed by atoms with van der Waals surface area (Å²) in [6, 6.07) is -1.14. The first-order valence-electron chi connectivity index (χ1n) is 2.81. The summed E-state index contributed by atoms with van der Waals surface area (Å²) < 4.78 is 0. The van der Waals surface area contributed by atoms with Crippen molar-refractivity contribution in [1.82, 2.24) is 0 Å². The Labute approximate surface area is 58.1 Å². The molecule has 0 aliphatic heterocycles. The van der Waals surface area contributed by atoms with Crippen LogP contribution < -0.4 is 5.73 Å². The van der Waals surface area contributed by atoms with Crippen LogP contribution in [0.1, 0.15) is 0 Å². The Bertz CT molecular complexity index is 108. The van der Waals surface area contributed by atoms with Crippen LogP contribution in [0.4, 0.5) is 0 Å². The molecule has 5 nitrogen and oxygen atoms in total. The molecule has 0 aliphatic rings. The van der Waals surface area contributed by atoms with E-state index in [0.29, 0.717) is 6.29 Å². The summed E-state index contributed by atoms with van der Waals surface area (Å²) in [5.74, 6) is 0. The van der Waals surface area contributed by atoms with E-state index in [1.54, 1.807) is 0 Å². The van der Waals surface area contributed by atoms with Crippen LogP contribution in [-0.2, 0) is 4.79 Å². The summed E-state index contributed by atoms with van der Waals surface area (Å²) in [7, 11) is 0. The molecule has 5 N–H and O–H groups in total. The fourth-order valence-electron chi connectivity index (χ4n) is 0.445. The van der Waals surface area contributed by atoms with Crippen LogP contribution in [0, 0.1) is 0 Å². The fraction of sp³-hybridized carbons (Fsp3) is 0.800. The summed E-state index contributed by atoms with van der Waals surface area (Å²) in [6.07, 6.45) is -2.42. The number of carbonyl (C=O) groups excluding carboxylic acids is 1. The van der Waals surface area contributed by atoms with Gasteiger partial charge in [-0.25, -0.2) is 0 Å². The molecule has 0 radical (unpaired) electrons. The van der Waals surface area contributed by atoms with Gasteiger partial charge in [-0.05, 0) is 0 Å². The van der Waals surface area contributed by atoms with Gasteiger partial charge in [-0.3, -0.25) is 0 Å². The van der Waals surface area contributed by atoms with Gasteiger partial charge in [0.05, 0.1) is 12.6 Å². The van der Waals surface area contributed by atoms with Crippen molar-refractivity contribution < 1.29 is 20.1 Å². The first-order valence-corrected chi connectivity index (χ1v) is 2.81. The van der Waals surface area contributed by atoms with E-state index in [-0.39, 0.29) is 0 Å². The average Bonchev–Trinajstić information content (AvgIpc) is 2.00. The molecule has 0 spiro atoms. The molecule has 0 aliphatic carbocycles. The summed E-state index contributed by atoms with van der Waals surface area (Å²) in [6.45, 7) is -0.608. The van der Waals surface area contributed by atoms with Gasteiger partial charge in [0.2, 0.25) is 0 Å². The maximum Gasteiger partial charge on any atom is 0.139 e. The lowest BCUT2D eigenvalue weighted by Crippen LogP contribution is -2.45. The average molecular weight is 149 g/mol. The highest BCUT2D eigenvalue weighted by atomic mass is 16.4. The molecule has 0 aromatic carbocycles. The zero-order chi connectivity index (χ0) is 8.15. The van der Waals surface area contributed by atoms with Crippen molar-refractivity contribution in [2.45, 2.75) is 18.2 Å². The van der Waals surface area contributed by atoms with Crippen LogP contribution in [0.2, 0.25) is 0 Å². The van der Waals surface area contributed by atoms with E-state index in [9.17, 15) is 4.79 Å². The van der Waals surface area contributed by atoms with Crippen LogP contribution >= 0.6 is 0 Å². The van der Waals surface area contributed by atoms with Gasteiger partial charge in [-0.2, -0.15) is 0 Å². The van der Waals surface area contributed by atoms with E-state index in [1.165, 1.54) is 0 Å². The van der Waals surface area contributed by atoms with Gasteiger partial charge in [0.25, 0.3) is 0 Å². The van der Waals surface area contributed by atoms with Crippen molar-refractivity contribution in [3.05, 3.63) is 0 Å². The Morgan fingerprint density at radius 2 is 2.00 bits per heavy atom. The summed E-state index contributed by atoms with van der Waals surface area (Å²) in [5.41, 5.74) is 5.00. The second-order valence-electron chi connectivity index (χ2n) is 1.95. The predicted octanol–water partition coefficient (Wildman–Crippen LogP) is -2.77. The molecule has 0 amide bonds. The summed E-state index contributed by atoms with van der Waals surface area (Å²) >= 11 is 0. The largest absolute Gasteiger partial charge is 0.394 e. The predicted molar refractivity (Wildman–Crippen MR) is 33.1 cm³/mol. The maximum absolute atomic E-state index is 9.89. The van der Waals surface area contributed by atoms with Crippen molar-refractivity contribution in [1.29, 1.82) is 0 Å². The summed E-state index contributed by atoms with van der Waals surface area (Å²) in [4.78, 5) is 9.89. The third kappa shape index (κ3) is 2.40. The topological polar surface area (TPSA) is 104 Å². The molecular formula is C5H11NO4. The van der Waals surface area contributed by atoms with Gasteiger partial charge in [0, 0.05) is 0 Å². The van der Waals surface area contributed by atoms with E-state index in [0.717, 1.165) is 0 Å². The summed E-state index contributed by atoms with van der Waals surface area (Å²) in [5, 5.41) is 25.8. The van der Waals surface area contributed by atoms with Crippen LogP contribution in [0.25, 0.3) is 0 Å². The van der Waals surface area contributed by atoms with Crippen LogP contribution in [0.5, 0.6) is 0 Å². The molecule has 3 atom stereocenters. The molecule has 0 aromatic rings. The highest BCUT2D eigenvalue weighted by molar-refractivity contribution is 5.58. The zero-order valence-corrected chi connectivity index (χ0v) is 5.34. The highest BCUT2D eigenvalue weighted by Crippen LogP contribution is 1.94. The minimum absolute atomic E-state index is 0.309. The van der Waals surface area contributed by atoms with E-state index in [1.807, 2.05) is 0 Å². The lowest BCUT2D eigenvalue weighted by Gasteiger charge is -2.17. The van der Waals surface area contributed by atoms with Crippen molar-refractivity contribution in [2.75, 3.05) is 6.61 Å². The molecule has 0 fully saturated rings. The first-order chi connectivity index (χ1) is 4.63. The molecule has 0 rings (SSSR count). The molecule has 0 saturated heterocycles. The number of rotatable bonds is 4. The molecule has 0 heterocycles. The van der Waals surface area contributed by atoms with E-state index >= 15 is 0 Å². The lowest BCUT2D eigenvalue weighted by molar-refractivity contribution is -0.114. The zero-order valence-electron chi connectivity index (χ0n) is 5.34. The van der Waals surface area contributed by atoms with E-state index in [4.69, 9.17) is 21.1 Å². The van der Waals surface area contributed by atoms with Crippen molar-refractivity contribution in [2.24, 2.45) is 5.73 Å². The third-order valence-corrected chi connectivity index (χ3v) is 1.13. The quantitative estimate of drug-likeness (QED) is 0.324. The molecule has 10 heavy (non-hydrogen) atoms. The van der Waals surface area contributed by atoms with Crippen LogP contribution in [0.15, 0.2) is 0 Å². The lowest BCUT2D eigenvalue weighted by atomic mass is 10.1. The van der Waals surface area contributed by atoms with Gasteiger partial charge < -0.3 is 25.8 Å². The van der Waals surface area contributed by atoms with Crippen molar-refractivity contribution >= 4 is 6.29 Å². The number of aldehydes is 1. The SMILES string of the molecule is N[C@H](C=O)[C@@H](O)[C@H](O)CO. The number of carbonyl (C=O) groups is 1. The van der Waals surface area contributed by atoms with Gasteiger partial charge in [-0.15, -0.1) is 0 Å². The second kappa shape index (κ2) is 4.35. The Morgan fingerprint density at radius 3 is 2.30 bits per heavy atom. The molecule has 0 unspecified atom stereocenters. The van der Waals surface area contributed by atoms with Gasteiger partial charge in [0.1, 0.15) is 18.5 Å². The monoisotopic (exact) mass is 149 g/mol. The smallest absolute Gasteiger partial charge is 0.139 e. The Kier molecular flexibility index (Phi) is 4.13. The number of aliphatic hydroxyl groups is 3. The van der Waals surface area contributed by atoms with Gasteiger partial charge >= 0.3 is 0 Å². The standard InChI is InChI=1S/C5H11NO4/c6-3(1-7)5(10)4(9)2-8/h1,3-5,8-10H,2,6H2/t3-,4-,5-/m1/s1. The fourth-order valence-corrected chi connectivity index (χ4v) is 0.445. The third-order valence-electron chi connectivity index (χ3n) is 1.13.